The molecule has 0 aliphatic carbocycles. The lowest BCUT2D eigenvalue weighted by Gasteiger charge is -2.31. The van der Waals surface area contributed by atoms with Crippen molar-refractivity contribution in [3.05, 3.63) is 24.3 Å². The summed E-state index contributed by atoms with van der Waals surface area (Å²) in [7, 11) is 0. The Bertz CT molecular complexity index is 353. The molecule has 1 saturated heterocycles. The number of hydrogen-bond donors (Lipinski definition) is 2. The minimum atomic E-state index is 0.301. The number of nitrogen functional groups attached to an aromatic ring is 1. The predicted octanol–water partition coefficient (Wildman–Crippen LogP) is 1.35. The lowest BCUT2D eigenvalue weighted by Crippen LogP contribution is -2.39. The van der Waals surface area contributed by atoms with Gasteiger partial charge in [-0.2, -0.15) is 0 Å². The molecule has 18 heavy (non-hydrogen) atoms. The molecule has 1 fully saturated rings. The molecule has 1 atom stereocenters. The highest BCUT2D eigenvalue weighted by Crippen LogP contribution is 2.16. The molecule has 0 bridgehead atoms. The minimum absolute atomic E-state index is 0.301. The molecule has 0 amide bonds. The normalized spacial score (nSPS) is 20.8. The monoisotopic (exact) mass is 250 g/mol. The van der Waals surface area contributed by atoms with Crippen molar-refractivity contribution < 1.29 is 9.84 Å². The number of nitrogens with two attached hydrogens (primary N) is 1. The van der Waals surface area contributed by atoms with Crippen molar-refractivity contribution in [1.82, 2.24) is 4.90 Å². The second-order valence-corrected chi connectivity index (χ2v) is 4.91. The van der Waals surface area contributed by atoms with E-state index in [1.54, 1.807) is 0 Å². The van der Waals surface area contributed by atoms with E-state index in [1.165, 1.54) is 6.42 Å². The summed E-state index contributed by atoms with van der Waals surface area (Å²) in [5.41, 5.74) is 6.37. The van der Waals surface area contributed by atoms with Crippen LogP contribution < -0.4 is 10.5 Å². The fourth-order valence-electron chi connectivity index (χ4n) is 2.36. The third kappa shape index (κ3) is 3.89. The van der Waals surface area contributed by atoms with Crippen LogP contribution in [0.15, 0.2) is 24.3 Å². The van der Waals surface area contributed by atoms with Crippen molar-refractivity contribution >= 4 is 5.69 Å². The van der Waals surface area contributed by atoms with Gasteiger partial charge in [-0.25, -0.2) is 0 Å². The Hall–Kier alpha value is -1.26. The van der Waals surface area contributed by atoms with Crippen molar-refractivity contribution in [2.24, 2.45) is 5.92 Å². The zero-order valence-corrected chi connectivity index (χ0v) is 10.7. The van der Waals surface area contributed by atoms with E-state index in [0.29, 0.717) is 19.1 Å². The molecular weight excluding hydrogens is 228 g/mol. The van der Waals surface area contributed by atoms with Gasteiger partial charge in [0.2, 0.25) is 0 Å². The summed E-state index contributed by atoms with van der Waals surface area (Å²) in [6, 6.07) is 7.47. The Kier molecular flexibility index (Phi) is 4.84. The van der Waals surface area contributed by atoms with Gasteiger partial charge in [0, 0.05) is 25.4 Å². The van der Waals surface area contributed by atoms with Gasteiger partial charge in [0.25, 0.3) is 0 Å². The lowest BCUT2D eigenvalue weighted by molar-refractivity contribution is 0.107. The first-order valence-electron chi connectivity index (χ1n) is 6.59. The van der Waals surface area contributed by atoms with Crippen LogP contribution in [0.25, 0.3) is 0 Å². The van der Waals surface area contributed by atoms with E-state index in [1.807, 2.05) is 24.3 Å². The number of nitrogens with zero attached hydrogens (tertiary/aromatic N) is 1. The summed E-state index contributed by atoms with van der Waals surface area (Å²) < 4.78 is 5.67. The Balaban J connectivity index is 1.70. The number of likely N-dealkylation sites (tertiary alicyclic amines) is 1. The van der Waals surface area contributed by atoms with Crippen LogP contribution in [0.3, 0.4) is 0 Å². The van der Waals surface area contributed by atoms with Crippen LogP contribution in [-0.2, 0) is 0 Å². The largest absolute Gasteiger partial charge is 0.492 e. The quantitative estimate of drug-likeness (QED) is 0.775. The van der Waals surface area contributed by atoms with Gasteiger partial charge in [0.05, 0.1) is 0 Å². The maximum Gasteiger partial charge on any atom is 0.119 e. The second kappa shape index (κ2) is 6.61. The number of anilines is 1. The highest BCUT2D eigenvalue weighted by atomic mass is 16.5. The van der Waals surface area contributed by atoms with Crippen LogP contribution in [-0.4, -0.2) is 42.9 Å². The molecule has 1 aromatic rings. The Morgan fingerprint density at radius 3 is 2.83 bits per heavy atom. The van der Waals surface area contributed by atoms with Crippen LogP contribution in [0, 0.1) is 5.92 Å². The van der Waals surface area contributed by atoms with Gasteiger partial charge in [-0.15, -0.1) is 0 Å². The summed E-state index contributed by atoms with van der Waals surface area (Å²) >= 11 is 0. The molecule has 1 aliphatic rings. The molecule has 2 rings (SSSR count). The average molecular weight is 250 g/mol. The third-order valence-electron chi connectivity index (χ3n) is 3.42. The van der Waals surface area contributed by atoms with E-state index in [2.05, 4.69) is 4.90 Å². The average Bonchev–Trinajstić information content (AvgIpc) is 2.41. The Morgan fingerprint density at radius 2 is 2.11 bits per heavy atom. The maximum absolute atomic E-state index is 9.17. The summed E-state index contributed by atoms with van der Waals surface area (Å²) in [6.45, 7) is 4.00. The zero-order chi connectivity index (χ0) is 12.8. The van der Waals surface area contributed by atoms with Gasteiger partial charge >= 0.3 is 0 Å². The molecule has 0 spiro atoms. The Labute approximate surface area is 108 Å². The van der Waals surface area contributed by atoms with Crippen molar-refractivity contribution in [1.29, 1.82) is 0 Å². The Morgan fingerprint density at radius 1 is 1.33 bits per heavy atom. The fourth-order valence-corrected chi connectivity index (χ4v) is 2.36. The van der Waals surface area contributed by atoms with E-state index in [-0.39, 0.29) is 0 Å². The maximum atomic E-state index is 9.17. The van der Waals surface area contributed by atoms with Gasteiger partial charge < -0.3 is 15.6 Å². The molecule has 0 aromatic heterocycles. The van der Waals surface area contributed by atoms with Crippen LogP contribution in [0.4, 0.5) is 5.69 Å². The highest BCUT2D eigenvalue weighted by molar-refractivity contribution is 5.41. The molecule has 100 valence electrons. The molecule has 4 nitrogen and oxygen atoms in total. The van der Waals surface area contributed by atoms with Crippen molar-refractivity contribution in [2.75, 3.05) is 38.6 Å². The van der Waals surface area contributed by atoms with Crippen LogP contribution in [0.5, 0.6) is 5.75 Å². The molecule has 0 saturated carbocycles. The van der Waals surface area contributed by atoms with Gasteiger partial charge in [0.15, 0.2) is 0 Å². The van der Waals surface area contributed by atoms with E-state index in [4.69, 9.17) is 15.6 Å². The molecule has 4 heteroatoms. The number of ether oxygens (including phenoxy) is 1. The standard InChI is InChI=1S/C14H22N2O2/c15-13-3-5-14(6-4-13)18-9-8-16-7-1-2-12(10-16)11-17/h3-6,12,17H,1-2,7-11,15H2. The highest BCUT2D eigenvalue weighted by Gasteiger charge is 2.18. The molecular formula is C14H22N2O2. The summed E-state index contributed by atoms with van der Waals surface area (Å²) in [6.07, 6.45) is 2.32. The first-order chi connectivity index (χ1) is 8.78. The number of benzene rings is 1. The van der Waals surface area contributed by atoms with Gasteiger partial charge in [0.1, 0.15) is 12.4 Å². The van der Waals surface area contributed by atoms with E-state index in [0.717, 1.165) is 37.5 Å². The number of aliphatic hydroxyl groups excluding tert-OH is 1. The minimum Gasteiger partial charge on any atom is -0.492 e. The van der Waals surface area contributed by atoms with Gasteiger partial charge in [-0.1, -0.05) is 0 Å². The predicted molar refractivity (Wildman–Crippen MR) is 72.6 cm³/mol. The van der Waals surface area contributed by atoms with Crippen LogP contribution in [0.2, 0.25) is 0 Å². The molecule has 0 radical (unpaired) electrons. The molecule has 1 heterocycles. The number of rotatable bonds is 5. The van der Waals surface area contributed by atoms with E-state index in [9.17, 15) is 0 Å². The summed E-state index contributed by atoms with van der Waals surface area (Å²) in [5, 5.41) is 9.17. The van der Waals surface area contributed by atoms with Gasteiger partial charge in [-0.05, 0) is 49.6 Å². The number of aliphatic hydroxyl groups is 1. The smallest absolute Gasteiger partial charge is 0.119 e. The third-order valence-corrected chi connectivity index (χ3v) is 3.42. The van der Waals surface area contributed by atoms with Crippen molar-refractivity contribution in [3.63, 3.8) is 0 Å². The first kappa shape index (κ1) is 13.2. The lowest BCUT2D eigenvalue weighted by atomic mass is 9.99. The van der Waals surface area contributed by atoms with Crippen molar-refractivity contribution in [3.8, 4) is 5.75 Å². The SMILES string of the molecule is Nc1ccc(OCCN2CCCC(CO)C2)cc1. The van der Waals surface area contributed by atoms with Gasteiger partial charge in [-0.3, -0.25) is 4.90 Å². The molecule has 1 aromatic carbocycles. The van der Waals surface area contributed by atoms with E-state index >= 15 is 0 Å². The summed E-state index contributed by atoms with van der Waals surface area (Å²) in [5.74, 6) is 1.30. The number of hydrogen-bond acceptors (Lipinski definition) is 4. The summed E-state index contributed by atoms with van der Waals surface area (Å²) in [4.78, 5) is 2.36. The van der Waals surface area contributed by atoms with Crippen molar-refractivity contribution in [2.45, 2.75) is 12.8 Å². The van der Waals surface area contributed by atoms with E-state index < -0.39 is 0 Å². The second-order valence-electron chi connectivity index (χ2n) is 4.91. The first-order valence-corrected chi connectivity index (χ1v) is 6.59. The number of piperidine rings is 1. The van der Waals surface area contributed by atoms with Crippen LogP contribution >= 0.6 is 0 Å². The topological polar surface area (TPSA) is 58.7 Å². The molecule has 3 N–H and O–H groups in total. The molecule has 1 unspecified atom stereocenters. The molecule has 1 aliphatic heterocycles. The van der Waals surface area contributed by atoms with Crippen LogP contribution in [0.1, 0.15) is 12.8 Å². The zero-order valence-electron chi connectivity index (χ0n) is 10.7. The fraction of sp³-hybridized carbons (Fsp3) is 0.571.